The van der Waals surface area contributed by atoms with Crippen molar-refractivity contribution in [2.75, 3.05) is 7.11 Å². The zero-order valence-electron chi connectivity index (χ0n) is 21.5. The SMILES string of the molecule is COc1cc(O)c2c(c1)C(=O)c1cc(C)cc(O)c1C2=O.Cc1cc(O)c2c(c1)C(=O)c1cccc(O)c1C2=O. The maximum absolute atomic E-state index is 12.5. The molecule has 4 N–H and O–H groups in total. The lowest BCUT2D eigenvalue weighted by molar-refractivity contribution is 0.0974. The summed E-state index contributed by atoms with van der Waals surface area (Å²) in [7, 11) is 1.40. The minimum Gasteiger partial charge on any atom is -0.507 e. The number of methoxy groups -OCH3 is 1. The fourth-order valence-electron chi connectivity index (χ4n) is 5.01. The predicted molar refractivity (Wildman–Crippen MR) is 142 cm³/mol. The highest BCUT2D eigenvalue weighted by Crippen LogP contribution is 2.39. The average Bonchev–Trinajstić information content (AvgIpc) is 2.89. The highest BCUT2D eigenvalue weighted by molar-refractivity contribution is 6.31. The van der Waals surface area contributed by atoms with E-state index in [0.29, 0.717) is 11.1 Å². The average molecular weight is 539 g/mol. The van der Waals surface area contributed by atoms with Gasteiger partial charge in [-0.1, -0.05) is 12.1 Å². The van der Waals surface area contributed by atoms with Crippen LogP contribution in [0.3, 0.4) is 0 Å². The van der Waals surface area contributed by atoms with Gasteiger partial charge < -0.3 is 25.2 Å². The molecule has 0 spiro atoms. The number of phenolic OH excluding ortho intramolecular Hbond substituents is 4. The third-order valence-electron chi connectivity index (χ3n) is 6.78. The molecule has 4 aromatic carbocycles. The van der Waals surface area contributed by atoms with E-state index in [1.807, 2.05) is 0 Å². The summed E-state index contributed by atoms with van der Waals surface area (Å²) in [5.41, 5.74) is 1.67. The summed E-state index contributed by atoms with van der Waals surface area (Å²) in [6, 6.07) is 13.0. The van der Waals surface area contributed by atoms with Gasteiger partial charge in [0.1, 0.15) is 28.7 Å². The third kappa shape index (κ3) is 3.95. The number of benzene rings is 4. The monoisotopic (exact) mass is 538 g/mol. The lowest BCUT2D eigenvalue weighted by atomic mass is 9.82. The summed E-state index contributed by atoms with van der Waals surface area (Å²) in [6.07, 6.45) is 0. The molecule has 0 aromatic heterocycles. The summed E-state index contributed by atoms with van der Waals surface area (Å²) in [5, 5.41) is 39.6. The first-order chi connectivity index (χ1) is 18.9. The molecule has 0 atom stereocenters. The zero-order chi connectivity index (χ0) is 29.0. The Labute approximate surface area is 227 Å². The summed E-state index contributed by atoms with van der Waals surface area (Å²) < 4.78 is 5.01. The second-order valence-electron chi connectivity index (χ2n) is 9.50. The Balaban J connectivity index is 0.000000162. The number of hydrogen-bond donors (Lipinski definition) is 4. The summed E-state index contributed by atoms with van der Waals surface area (Å²) in [5.74, 6) is -2.68. The first kappa shape index (κ1) is 26.2. The van der Waals surface area contributed by atoms with Crippen LogP contribution >= 0.6 is 0 Å². The van der Waals surface area contributed by atoms with Gasteiger partial charge in [0.15, 0.2) is 11.6 Å². The maximum Gasteiger partial charge on any atom is 0.201 e. The molecule has 0 unspecified atom stereocenters. The van der Waals surface area contributed by atoms with Gasteiger partial charge in [0, 0.05) is 28.3 Å². The van der Waals surface area contributed by atoms with Crippen molar-refractivity contribution in [2.24, 2.45) is 0 Å². The maximum atomic E-state index is 12.5. The van der Waals surface area contributed by atoms with E-state index in [1.165, 1.54) is 49.6 Å². The molecule has 4 aromatic rings. The largest absolute Gasteiger partial charge is 0.507 e. The lowest BCUT2D eigenvalue weighted by Gasteiger charge is -2.20. The number of fused-ring (bicyclic) bond motifs is 4. The molecule has 0 saturated heterocycles. The van der Waals surface area contributed by atoms with Crippen molar-refractivity contribution in [1.82, 2.24) is 0 Å². The van der Waals surface area contributed by atoms with Crippen molar-refractivity contribution in [2.45, 2.75) is 13.8 Å². The van der Waals surface area contributed by atoms with Crippen LogP contribution in [0.25, 0.3) is 0 Å². The van der Waals surface area contributed by atoms with Gasteiger partial charge in [0.2, 0.25) is 11.6 Å². The van der Waals surface area contributed by atoms with Gasteiger partial charge in [-0.2, -0.15) is 0 Å². The van der Waals surface area contributed by atoms with Gasteiger partial charge in [-0.05, 0) is 61.4 Å². The number of hydrogen-bond acceptors (Lipinski definition) is 9. The Morgan fingerprint density at radius 2 is 0.925 bits per heavy atom. The van der Waals surface area contributed by atoms with Crippen LogP contribution in [-0.2, 0) is 0 Å². The lowest BCUT2D eigenvalue weighted by Crippen LogP contribution is -2.21. The molecule has 0 fully saturated rings. The predicted octanol–water partition coefficient (Wildman–Crippen LogP) is 4.37. The summed E-state index contributed by atoms with van der Waals surface area (Å²) >= 11 is 0. The minimum atomic E-state index is -0.572. The van der Waals surface area contributed by atoms with Gasteiger partial charge in [-0.15, -0.1) is 0 Å². The fraction of sp³-hybridized carbons (Fsp3) is 0.0968. The van der Waals surface area contributed by atoms with Crippen LogP contribution < -0.4 is 4.74 Å². The number of ether oxygens (including phenoxy) is 1. The van der Waals surface area contributed by atoms with Crippen LogP contribution in [-0.4, -0.2) is 50.7 Å². The summed E-state index contributed by atoms with van der Waals surface area (Å²) in [6.45, 7) is 3.45. The number of aryl methyl sites for hydroxylation is 2. The van der Waals surface area contributed by atoms with Gasteiger partial charge in [0.25, 0.3) is 0 Å². The van der Waals surface area contributed by atoms with Gasteiger partial charge in [0.05, 0.1) is 29.4 Å². The molecule has 6 rings (SSSR count). The van der Waals surface area contributed by atoms with Gasteiger partial charge in [-0.25, -0.2) is 0 Å². The summed E-state index contributed by atoms with van der Waals surface area (Å²) in [4.78, 5) is 49.7. The Kier molecular flexibility index (Phi) is 6.14. The van der Waals surface area contributed by atoms with Crippen molar-refractivity contribution >= 4 is 23.1 Å². The second-order valence-corrected chi connectivity index (χ2v) is 9.50. The molecule has 9 nitrogen and oxygen atoms in total. The van der Waals surface area contributed by atoms with Crippen LogP contribution in [0.4, 0.5) is 0 Å². The zero-order valence-corrected chi connectivity index (χ0v) is 21.5. The van der Waals surface area contributed by atoms with Crippen LogP contribution in [0, 0.1) is 13.8 Å². The van der Waals surface area contributed by atoms with E-state index in [9.17, 15) is 39.6 Å². The van der Waals surface area contributed by atoms with E-state index < -0.39 is 17.3 Å². The second kappa shape index (κ2) is 9.39. The molecule has 0 aliphatic heterocycles. The normalized spacial score (nSPS) is 13.0. The molecule has 0 heterocycles. The van der Waals surface area contributed by atoms with Crippen molar-refractivity contribution in [3.05, 3.63) is 110 Å². The van der Waals surface area contributed by atoms with Crippen molar-refractivity contribution < 1.29 is 44.3 Å². The van der Waals surface area contributed by atoms with E-state index in [0.717, 1.165) is 0 Å². The number of ketones is 4. The first-order valence-corrected chi connectivity index (χ1v) is 12.0. The minimum absolute atomic E-state index is 0.0374. The number of aromatic hydroxyl groups is 4. The van der Waals surface area contributed by atoms with Crippen LogP contribution in [0.5, 0.6) is 28.7 Å². The molecule has 0 amide bonds. The molecule has 40 heavy (non-hydrogen) atoms. The molecular weight excluding hydrogens is 516 g/mol. The van der Waals surface area contributed by atoms with Gasteiger partial charge in [-0.3, -0.25) is 19.2 Å². The van der Waals surface area contributed by atoms with Crippen LogP contribution in [0.1, 0.15) is 74.8 Å². The topological polar surface area (TPSA) is 158 Å². The molecule has 0 saturated carbocycles. The van der Waals surface area contributed by atoms with Crippen molar-refractivity contribution in [3.63, 3.8) is 0 Å². The molecule has 2 aliphatic rings. The highest BCUT2D eigenvalue weighted by atomic mass is 16.5. The highest BCUT2D eigenvalue weighted by Gasteiger charge is 2.36. The van der Waals surface area contributed by atoms with E-state index in [-0.39, 0.29) is 79.0 Å². The van der Waals surface area contributed by atoms with Crippen LogP contribution in [0.15, 0.2) is 54.6 Å². The Morgan fingerprint density at radius 1 is 0.500 bits per heavy atom. The number of phenols is 4. The molecule has 0 bridgehead atoms. The van der Waals surface area contributed by atoms with E-state index >= 15 is 0 Å². The molecule has 200 valence electrons. The first-order valence-electron chi connectivity index (χ1n) is 12.0. The molecular formula is C31H22O9. The van der Waals surface area contributed by atoms with Crippen molar-refractivity contribution in [3.8, 4) is 28.7 Å². The number of rotatable bonds is 1. The molecule has 9 heteroatoms. The number of carbonyl (C=O) groups is 4. The third-order valence-corrected chi connectivity index (χ3v) is 6.78. The molecule has 0 radical (unpaired) electrons. The van der Waals surface area contributed by atoms with E-state index in [4.69, 9.17) is 4.74 Å². The van der Waals surface area contributed by atoms with Gasteiger partial charge >= 0.3 is 0 Å². The van der Waals surface area contributed by atoms with E-state index in [1.54, 1.807) is 26.0 Å². The molecule has 2 aliphatic carbocycles. The Hall–Kier alpha value is -5.44. The van der Waals surface area contributed by atoms with Crippen molar-refractivity contribution in [1.29, 1.82) is 0 Å². The van der Waals surface area contributed by atoms with Crippen LogP contribution in [0.2, 0.25) is 0 Å². The number of carbonyl (C=O) groups excluding carboxylic acids is 4. The van der Waals surface area contributed by atoms with E-state index in [2.05, 4.69) is 0 Å². The fourth-order valence-corrected chi connectivity index (χ4v) is 5.01. The smallest absolute Gasteiger partial charge is 0.201 e. The standard InChI is InChI=1S/C16H12O5.C15H10O4/c1-7-3-9-13(11(17)4-7)16(20)14-10(15(9)19)5-8(21-2)6-12(14)18;1-7-5-9-13(11(17)6-7)15(19)12-8(14(9)18)3-2-4-10(12)16/h3-6,17-18H,1-2H3;2-6,16-17H,1H3. The Morgan fingerprint density at radius 3 is 1.43 bits per heavy atom. The Bertz CT molecular complexity index is 1810. The quantitative estimate of drug-likeness (QED) is 0.238.